The highest BCUT2D eigenvalue weighted by atomic mass is 35.6. The summed E-state index contributed by atoms with van der Waals surface area (Å²) in [6, 6.07) is 3.43. The van der Waals surface area contributed by atoms with Gasteiger partial charge in [-0.05, 0) is 17.7 Å². The molecule has 1 atom stereocenters. The van der Waals surface area contributed by atoms with Gasteiger partial charge in [0.05, 0.1) is 0 Å². The molecule has 1 aromatic carbocycles. The molecule has 0 fully saturated rings. The molecule has 4 nitrogen and oxygen atoms in total. The number of alkyl halides is 3. The van der Waals surface area contributed by atoms with E-state index in [1.807, 2.05) is 0 Å². The number of carboxylic acids is 1. The fraction of sp³-hybridized carbons (Fsp3) is 0.222. The molecule has 1 unspecified atom stereocenters. The molecule has 0 aliphatic carbocycles. The van der Waals surface area contributed by atoms with Gasteiger partial charge in [-0.25, -0.2) is 4.79 Å². The van der Waals surface area contributed by atoms with Crippen molar-refractivity contribution in [1.29, 1.82) is 0 Å². The van der Waals surface area contributed by atoms with E-state index in [1.54, 1.807) is 0 Å². The molecule has 0 saturated carbocycles. The molecule has 0 amide bonds. The summed E-state index contributed by atoms with van der Waals surface area (Å²) < 4.78 is -1.97. The minimum absolute atomic E-state index is 0.0928. The number of aliphatic hydroxyl groups is 1. The summed E-state index contributed by atoms with van der Waals surface area (Å²) in [5, 5.41) is 27.5. The number of carboxylic acid groups (broad SMARTS) is 1. The van der Waals surface area contributed by atoms with Crippen LogP contribution in [0.2, 0.25) is 0 Å². The van der Waals surface area contributed by atoms with E-state index in [-0.39, 0.29) is 11.1 Å². The predicted molar refractivity (Wildman–Crippen MR) is 60.3 cm³/mol. The first-order chi connectivity index (χ1) is 7.23. The topological polar surface area (TPSA) is 77.8 Å². The van der Waals surface area contributed by atoms with Crippen molar-refractivity contribution in [2.45, 2.75) is 9.90 Å². The second kappa shape index (κ2) is 4.67. The highest BCUT2D eigenvalue weighted by Crippen LogP contribution is 2.40. The van der Waals surface area contributed by atoms with E-state index < -0.39 is 21.6 Å². The number of benzene rings is 1. The Kier molecular flexibility index (Phi) is 3.91. The average Bonchev–Trinajstić information content (AvgIpc) is 2.15. The smallest absolute Gasteiger partial charge is 0.339 e. The number of hydrogen-bond acceptors (Lipinski definition) is 3. The quantitative estimate of drug-likeness (QED) is 0.730. The molecule has 3 N–H and O–H groups in total. The maximum Gasteiger partial charge on any atom is 0.339 e. The second-order valence-corrected chi connectivity index (χ2v) is 5.39. The SMILES string of the molecule is O=C(O)c1cc(C(O)C(Cl)(Cl)Cl)ccc1O. The Balaban J connectivity index is 3.18. The number of rotatable bonds is 2. The molecular weight excluding hydrogens is 278 g/mol. The van der Waals surface area contributed by atoms with Crippen molar-refractivity contribution < 1.29 is 20.1 Å². The normalized spacial score (nSPS) is 13.5. The lowest BCUT2D eigenvalue weighted by Crippen LogP contribution is -2.16. The summed E-state index contributed by atoms with van der Waals surface area (Å²) in [6.07, 6.45) is -1.48. The van der Waals surface area contributed by atoms with Gasteiger partial charge in [0.2, 0.25) is 3.79 Å². The zero-order valence-electron chi connectivity index (χ0n) is 7.69. The Morgan fingerprint density at radius 2 is 1.88 bits per heavy atom. The average molecular weight is 286 g/mol. The van der Waals surface area contributed by atoms with Crippen LogP contribution in [0.3, 0.4) is 0 Å². The van der Waals surface area contributed by atoms with E-state index in [2.05, 4.69) is 0 Å². The van der Waals surface area contributed by atoms with E-state index >= 15 is 0 Å². The van der Waals surface area contributed by atoms with Gasteiger partial charge in [0.1, 0.15) is 17.4 Å². The summed E-state index contributed by atoms with van der Waals surface area (Å²) in [6.45, 7) is 0. The fourth-order valence-corrected chi connectivity index (χ4v) is 1.46. The van der Waals surface area contributed by atoms with E-state index in [0.717, 1.165) is 12.1 Å². The second-order valence-electron chi connectivity index (χ2n) is 3.03. The van der Waals surface area contributed by atoms with Gasteiger partial charge in [-0.15, -0.1) is 0 Å². The van der Waals surface area contributed by atoms with Gasteiger partial charge in [-0.2, -0.15) is 0 Å². The molecule has 1 rings (SSSR count). The van der Waals surface area contributed by atoms with Gasteiger partial charge < -0.3 is 15.3 Å². The van der Waals surface area contributed by atoms with Crippen LogP contribution >= 0.6 is 34.8 Å². The molecular formula is C9H7Cl3O4. The molecule has 0 bridgehead atoms. The summed E-state index contributed by atoms with van der Waals surface area (Å²) in [5.74, 6) is -1.76. The van der Waals surface area contributed by atoms with Crippen LogP contribution in [0.5, 0.6) is 5.75 Å². The third kappa shape index (κ3) is 2.92. The third-order valence-corrected chi connectivity index (χ3v) is 2.50. The van der Waals surface area contributed by atoms with Crippen molar-refractivity contribution in [3.8, 4) is 5.75 Å². The summed E-state index contributed by atoms with van der Waals surface area (Å²) in [4.78, 5) is 10.7. The first-order valence-corrected chi connectivity index (χ1v) is 5.18. The number of phenols is 1. The summed E-state index contributed by atoms with van der Waals surface area (Å²) in [5.41, 5.74) is -0.277. The number of halogens is 3. The highest BCUT2D eigenvalue weighted by molar-refractivity contribution is 6.68. The summed E-state index contributed by atoms with van der Waals surface area (Å²) >= 11 is 16.4. The number of aliphatic hydroxyl groups excluding tert-OH is 1. The van der Waals surface area contributed by atoms with Crippen LogP contribution < -0.4 is 0 Å². The molecule has 88 valence electrons. The highest BCUT2D eigenvalue weighted by Gasteiger charge is 2.32. The van der Waals surface area contributed by atoms with Gasteiger partial charge in [0, 0.05) is 0 Å². The Labute approximate surface area is 106 Å². The van der Waals surface area contributed by atoms with Crippen LogP contribution in [0.4, 0.5) is 0 Å². The molecule has 0 saturated heterocycles. The minimum atomic E-state index is -1.97. The van der Waals surface area contributed by atoms with Crippen LogP contribution in [-0.4, -0.2) is 25.1 Å². The summed E-state index contributed by atoms with van der Waals surface area (Å²) in [7, 11) is 0. The molecule has 0 heterocycles. The molecule has 0 aliphatic heterocycles. The number of carbonyl (C=O) groups is 1. The maximum atomic E-state index is 10.7. The van der Waals surface area contributed by atoms with E-state index in [9.17, 15) is 15.0 Å². The van der Waals surface area contributed by atoms with Crippen molar-refractivity contribution in [3.63, 3.8) is 0 Å². The van der Waals surface area contributed by atoms with Crippen molar-refractivity contribution in [2.75, 3.05) is 0 Å². The van der Waals surface area contributed by atoms with Gasteiger partial charge in [0.25, 0.3) is 0 Å². The Morgan fingerprint density at radius 3 is 2.31 bits per heavy atom. The van der Waals surface area contributed by atoms with Crippen LogP contribution in [0.15, 0.2) is 18.2 Å². The Morgan fingerprint density at radius 1 is 1.31 bits per heavy atom. The standard InChI is InChI=1S/C9H7Cl3O4/c10-9(11,12)7(14)4-1-2-6(13)5(3-4)8(15)16/h1-3,7,13-14H,(H,15,16). The number of aromatic hydroxyl groups is 1. The number of aromatic carboxylic acids is 1. The van der Waals surface area contributed by atoms with Crippen molar-refractivity contribution in [2.24, 2.45) is 0 Å². The van der Waals surface area contributed by atoms with Crippen LogP contribution in [0, 0.1) is 0 Å². The maximum absolute atomic E-state index is 10.7. The largest absolute Gasteiger partial charge is 0.507 e. The molecule has 0 aromatic heterocycles. The van der Waals surface area contributed by atoms with E-state index in [4.69, 9.17) is 39.9 Å². The van der Waals surface area contributed by atoms with E-state index in [1.165, 1.54) is 6.07 Å². The molecule has 16 heavy (non-hydrogen) atoms. The lowest BCUT2D eigenvalue weighted by Gasteiger charge is -2.19. The molecule has 1 aromatic rings. The van der Waals surface area contributed by atoms with Crippen molar-refractivity contribution in [3.05, 3.63) is 29.3 Å². The molecule has 0 spiro atoms. The van der Waals surface area contributed by atoms with Crippen LogP contribution in [0.25, 0.3) is 0 Å². The van der Waals surface area contributed by atoms with Gasteiger partial charge in [0.15, 0.2) is 0 Å². The Bertz CT molecular complexity index is 414. The molecule has 7 heteroatoms. The first kappa shape index (κ1) is 13.4. The number of hydrogen-bond donors (Lipinski definition) is 3. The zero-order valence-corrected chi connectivity index (χ0v) is 9.96. The van der Waals surface area contributed by atoms with Gasteiger partial charge in [-0.3, -0.25) is 0 Å². The van der Waals surface area contributed by atoms with Gasteiger partial charge in [-0.1, -0.05) is 40.9 Å². The van der Waals surface area contributed by atoms with Crippen molar-refractivity contribution >= 4 is 40.8 Å². The lowest BCUT2D eigenvalue weighted by atomic mass is 10.1. The van der Waals surface area contributed by atoms with Crippen LogP contribution in [-0.2, 0) is 0 Å². The van der Waals surface area contributed by atoms with E-state index in [0.29, 0.717) is 0 Å². The first-order valence-electron chi connectivity index (χ1n) is 4.04. The predicted octanol–water partition coefficient (Wildman–Crippen LogP) is 2.49. The lowest BCUT2D eigenvalue weighted by molar-refractivity contribution is 0.0693. The molecule has 0 radical (unpaired) electrons. The molecule has 0 aliphatic rings. The minimum Gasteiger partial charge on any atom is -0.507 e. The monoisotopic (exact) mass is 284 g/mol. The van der Waals surface area contributed by atoms with Crippen LogP contribution in [0.1, 0.15) is 22.0 Å². The van der Waals surface area contributed by atoms with Crippen molar-refractivity contribution in [1.82, 2.24) is 0 Å². The fourth-order valence-electron chi connectivity index (χ4n) is 1.08. The van der Waals surface area contributed by atoms with Gasteiger partial charge >= 0.3 is 5.97 Å². The zero-order chi connectivity index (χ0) is 12.5. The Hall–Kier alpha value is -0.680. The third-order valence-electron chi connectivity index (χ3n) is 1.88.